The van der Waals surface area contributed by atoms with Crippen LogP contribution >= 0.6 is 0 Å². The second kappa shape index (κ2) is 10.8. The van der Waals surface area contributed by atoms with E-state index in [-0.39, 0.29) is 4.70 Å². The van der Waals surface area contributed by atoms with Gasteiger partial charge < -0.3 is 10.2 Å². The van der Waals surface area contributed by atoms with Crippen LogP contribution in [0.5, 0.6) is 0 Å². The maximum absolute atomic E-state index is 8.51. The Morgan fingerprint density at radius 1 is 0.917 bits per heavy atom. The minimum absolute atomic E-state index is 0. The average molecular weight is 180 g/mol. The molecule has 0 aliphatic carbocycles. The monoisotopic (exact) mass is 180 g/mol. The predicted molar refractivity (Wildman–Crippen MR) is 48.7 cm³/mol. The summed E-state index contributed by atoms with van der Waals surface area (Å²) in [6, 6.07) is 0. The average Bonchev–Trinajstić information content (AvgIpc) is 1.96. The standard InChI is InChI=1S/C9H20O2.FH/c1-2-3-4-5-6-7-8-9(10)11;/h9-11H,2-8H2,1H3;1H. The van der Waals surface area contributed by atoms with Gasteiger partial charge in [-0.05, 0) is 12.8 Å². The van der Waals surface area contributed by atoms with Crippen LogP contribution in [0.2, 0.25) is 0 Å². The van der Waals surface area contributed by atoms with Gasteiger partial charge in [0.05, 0.1) is 0 Å². The first kappa shape index (κ1) is 14.4. The van der Waals surface area contributed by atoms with E-state index >= 15 is 0 Å². The zero-order valence-electron chi connectivity index (χ0n) is 7.83. The lowest BCUT2D eigenvalue weighted by molar-refractivity contribution is -0.0466. The minimum atomic E-state index is -1.10. The number of halogens is 1. The summed E-state index contributed by atoms with van der Waals surface area (Å²) in [4.78, 5) is 0. The van der Waals surface area contributed by atoms with Crippen LogP contribution in [0, 0.1) is 0 Å². The minimum Gasteiger partial charge on any atom is -0.368 e. The van der Waals surface area contributed by atoms with Crippen molar-refractivity contribution >= 4 is 0 Å². The fourth-order valence-electron chi connectivity index (χ4n) is 1.11. The van der Waals surface area contributed by atoms with Crippen molar-refractivity contribution in [2.45, 2.75) is 58.2 Å². The van der Waals surface area contributed by atoms with Crippen LogP contribution in [0.4, 0.5) is 4.70 Å². The molecular formula is C9H21FO2. The van der Waals surface area contributed by atoms with Crippen molar-refractivity contribution in [1.29, 1.82) is 0 Å². The summed E-state index contributed by atoms with van der Waals surface area (Å²) in [5.41, 5.74) is 0. The second-order valence-corrected chi connectivity index (χ2v) is 3.04. The molecule has 0 radical (unpaired) electrons. The molecule has 0 aromatic heterocycles. The van der Waals surface area contributed by atoms with E-state index < -0.39 is 6.29 Å². The van der Waals surface area contributed by atoms with Gasteiger partial charge >= 0.3 is 0 Å². The molecule has 2 nitrogen and oxygen atoms in total. The molecule has 0 heterocycles. The molecule has 0 aliphatic rings. The van der Waals surface area contributed by atoms with Crippen LogP contribution < -0.4 is 0 Å². The highest BCUT2D eigenvalue weighted by Crippen LogP contribution is 2.07. The first-order valence-electron chi connectivity index (χ1n) is 4.63. The molecule has 12 heavy (non-hydrogen) atoms. The molecule has 0 aromatic carbocycles. The Hall–Kier alpha value is -0.150. The number of hydrogen-bond acceptors (Lipinski definition) is 2. The first-order chi connectivity index (χ1) is 5.27. The van der Waals surface area contributed by atoms with E-state index in [1.165, 1.54) is 25.7 Å². The summed E-state index contributed by atoms with van der Waals surface area (Å²) >= 11 is 0. The molecule has 0 bridgehead atoms. The van der Waals surface area contributed by atoms with Gasteiger partial charge in [-0.2, -0.15) is 0 Å². The van der Waals surface area contributed by atoms with Gasteiger partial charge in [0.2, 0.25) is 0 Å². The third-order valence-corrected chi connectivity index (χ3v) is 1.82. The van der Waals surface area contributed by atoms with Gasteiger partial charge in [-0.1, -0.05) is 39.0 Å². The van der Waals surface area contributed by atoms with E-state index in [1.54, 1.807) is 0 Å². The lowest BCUT2D eigenvalue weighted by Crippen LogP contribution is -2.02. The van der Waals surface area contributed by atoms with Crippen LogP contribution in [-0.2, 0) is 0 Å². The van der Waals surface area contributed by atoms with Gasteiger partial charge in [0.1, 0.15) is 0 Å². The topological polar surface area (TPSA) is 40.5 Å². The van der Waals surface area contributed by atoms with Gasteiger partial charge in [-0.3, -0.25) is 4.70 Å². The highest BCUT2D eigenvalue weighted by atomic mass is 19.0. The number of aliphatic hydroxyl groups is 2. The highest BCUT2D eigenvalue weighted by Gasteiger charge is 1.95. The predicted octanol–water partition coefficient (Wildman–Crippen LogP) is 2.20. The quantitative estimate of drug-likeness (QED) is 0.466. The lowest BCUT2D eigenvalue weighted by Gasteiger charge is -2.02. The van der Waals surface area contributed by atoms with Gasteiger partial charge in [-0.15, -0.1) is 0 Å². The van der Waals surface area contributed by atoms with Crippen LogP contribution in [0.25, 0.3) is 0 Å². The zero-order valence-corrected chi connectivity index (χ0v) is 7.83. The molecule has 0 aromatic rings. The van der Waals surface area contributed by atoms with Gasteiger partial charge in [0.25, 0.3) is 0 Å². The van der Waals surface area contributed by atoms with E-state index in [0.29, 0.717) is 6.42 Å². The maximum Gasteiger partial charge on any atom is 0.151 e. The van der Waals surface area contributed by atoms with Crippen LogP contribution in [0.3, 0.4) is 0 Å². The maximum atomic E-state index is 8.51. The van der Waals surface area contributed by atoms with Crippen molar-refractivity contribution in [3.05, 3.63) is 0 Å². The van der Waals surface area contributed by atoms with E-state index in [1.807, 2.05) is 0 Å². The Balaban J connectivity index is 0. The fourth-order valence-corrected chi connectivity index (χ4v) is 1.11. The molecule has 2 N–H and O–H groups in total. The largest absolute Gasteiger partial charge is 0.368 e. The van der Waals surface area contributed by atoms with Crippen LogP contribution in [0.15, 0.2) is 0 Å². The van der Waals surface area contributed by atoms with Crippen molar-refractivity contribution < 1.29 is 14.9 Å². The van der Waals surface area contributed by atoms with Crippen molar-refractivity contribution in [1.82, 2.24) is 0 Å². The molecule has 0 saturated carbocycles. The first-order valence-corrected chi connectivity index (χ1v) is 4.63. The van der Waals surface area contributed by atoms with Gasteiger partial charge in [0, 0.05) is 0 Å². The van der Waals surface area contributed by atoms with E-state index in [4.69, 9.17) is 10.2 Å². The molecule has 3 heteroatoms. The summed E-state index contributed by atoms with van der Waals surface area (Å²) in [5.74, 6) is 0. The molecule has 0 amide bonds. The van der Waals surface area contributed by atoms with Crippen molar-refractivity contribution in [2.24, 2.45) is 0 Å². The molecule has 0 spiro atoms. The third kappa shape index (κ3) is 12.5. The Bertz CT molecular complexity index is 76.9. The molecular weight excluding hydrogens is 159 g/mol. The summed E-state index contributed by atoms with van der Waals surface area (Å²) in [5, 5.41) is 17.0. The highest BCUT2D eigenvalue weighted by molar-refractivity contribution is 4.45. The Morgan fingerprint density at radius 3 is 1.92 bits per heavy atom. The molecule has 0 rings (SSSR count). The normalized spacial score (nSPS) is 10.0. The molecule has 0 saturated heterocycles. The summed E-state index contributed by atoms with van der Waals surface area (Å²) in [6.45, 7) is 2.19. The number of rotatable bonds is 7. The Kier molecular flexibility index (Phi) is 13.0. The SMILES string of the molecule is CCCCCCCCC(O)O.F. The number of aliphatic hydroxyl groups excluding tert-OH is 1. The van der Waals surface area contributed by atoms with Crippen molar-refractivity contribution in [3.63, 3.8) is 0 Å². The molecule has 76 valence electrons. The Labute approximate surface area is 74.0 Å². The zero-order chi connectivity index (χ0) is 8.53. The number of unbranched alkanes of at least 4 members (excludes halogenated alkanes) is 5. The van der Waals surface area contributed by atoms with Crippen LogP contribution in [0.1, 0.15) is 51.9 Å². The molecule has 0 aliphatic heterocycles. The number of hydrogen-bond donors (Lipinski definition) is 2. The van der Waals surface area contributed by atoms with Crippen molar-refractivity contribution in [3.8, 4) is 0 Å². The van der Waals surface area contributed by atoms with E-state index in [9.17, 15) is 0 Å². The summed E-state index contributed by atoms with van der Waals surface area (Å²) in [6.07, 6.45) is 6.62. The fraction of sp³-hybridized carbons (Fsp3) is 1.00. The second-order valence-electron chi connectivity index (χ2n) is 3.04. The van der Waals surface area contributed by atoms with Crippen molar-refractivity contribution in [2.75, 3.05) is 0 Å². The third-order valence-electron chi connectivity index (χ3n) is 1.82. The summed E-state index contributed by atoms with van der Waals surface area (Å²) < 4.78 is 0. The Morgan fingerprint density at radius 2 is 1.42 bits per heavy atom. The lowest BCUT2D eigenvalue weighted by atomic mass is 10.1. The van der Waals surface area contributed by atoms with E-state index in [2.05, 4.69) is 6.92 Å². The van der Waals surface area contributed by atoms with Crippen LogP contribution in [-0.4, -0.2) is 16.5 Å². The molecule has 0 atom stereocenters. The van der Waals surface area contributed by atoms with E-state index in [0.717, 1.165) is 12.8 Å². The smallest absolute Gasteiger partial charge is 0.151 e. The molecule has 0 unspecified atom stereocenters. The molecule has 0 fully saturated rings. The summed E-state index contributed by atoms with van der Waals surface area (Å²) in [7, 11) is 0. The van der Waals surface area contributed by atoms with Gasteiger partial charge in [-0.25, -0.2) is 0 Å². The van der Waals surface area contributed by atoms with Gasteiger partial charge in [0.15, 0.2) is 6.29 Å².